The number of ether oxygens (including phenoxy) is 1. The average Bonchev–Trinajstić information content (AvgIpc) is 2.31. The van der Waals surface area contributed by atoms with Gasteiger partial charge in [0.1, 0.15) is 0 Å². The van der Waals surface area contributed by atoms with E-state index >= 15 is 0 Å². The minimum atomic E-state index is -1.14. The van der Waals surface area contributed by atoms with Gasteiger partial charge in [-0.25, -0.2) is 4.79 Å². The molecule has 1 aromatic carbocycles. The van der Waals surface area contributed by atoms with Crippen LogP contribution in [0.1, 0.15) is 10.4 Å². The summed E-state index contributed by atoms with van der Waals surface area (Å²) in [6, 6.07) is 3.99. The maximum Gasteiger partial charge on any atom is 0.328 e. The lowest BCUT2D eigenvalue weighted by Crippen LogP contribution is -2.43. The number of methoxy groups -OCH3 is 1. The molecule has 1 amide bonds. The van der Waals surface area contributed by atoms with Gasteiger partial charge in [0.25, 0.3) is 5.91 Å². The van der Waals surface area contributed by atoms with E-state index in [-0.39, 0.29) is 6.61 Å². The zero-order chi connectivity index (χ0) is 13.7. The van der Waals surface area contributed by atoms with Crippen molar-refractivity contribution in [1.29, 1.82) is 0 Å². The Labute approximate surface area is 121 Å². The monoisotopic (exact) mass is 379 g/mol. The van der Waals surface area contributed by atoms with Crippen LogP contribution in [0.2, 0.25) is 0 Å². The molecule has 1 rings (SSSR count). The van der Waals surface area contributed by atoms with Crippen LogP contribution in [0.4, 0.5) is 0 Å². The van der Waals surface area contributed by atoms with E-state index in [9.17, 15) is 9.59 Å². The molecule has 0 aromatic heterocycles. The summed E-state index contributed by atoms with van der Waals surface area (Å²) in [4.78, 5) is 22.8. The van der Waals surface area contributed by atoms with Gasteiger partial charge in [-0.1, -0.05) is 15.9 Å². The van der Waals surface area contributed by atoms with Crippen LogP contribution in [0.15, 0.2) is 27.1 Å². The highest BCUT2D eigenvalue weighted by atomic mass is 79.9. The normalized spacial score (nSPS) is 11.9. The summed E-state index contributed by atoms with van der Waals surface area (Å²) in [7, 11) is 1.37. The first-order chi connectivity index (χ1) is 8.45. The molecule has 0 fully saturated rings. The number of carbonyl (C=O) groups is 2. The zero-order valence-electron chi connectivity index (χ0n) is 9.44. The molecule has 0 saturated heterocycles. The van der Waals surface area contributed by atoms with Crippen molar-refractivity contribution in [2.24, 2.45) is 0 Å². The van der Waals surface area contributed by atoms with Crippen molar-refractivity contribution in [3.05, 3.63) is 32.7 Å². The quantitative estimate of drug-likeness (QED) is 0.819. The number of hydrogen-bond donors (Lipinski definition) is 2. The number of benzene rings is 1. The van der Waals surface area contributed by atoms with Crippen molar-refractivity contribution < 1.29 is 19.4 Å². The van der Waals surface area contributed by atoms with Gasteiger partial charge in [-0.15, -0.1) is 0 Å². The number of halogens is 2. The van der Waals surface area contributed by atoms with Crippen LogP contribution in [0.3, 0.4) is 0 Å². The van der Waals surface area contributed by atoms with Crippen LogP contribution in [-0.2, 0) is 9.53 Å². The fourth-order valence-electron chi connectivity index (χ4n) is 1.25. The first kappa shape index (κ1) is 15.1. The first-order valence-corrected chi connectivity index (χ1v) is 6.52. The van der Waals surface area contributed by atoms with E-state index in [1.54, 1.807) is 18.2 Å². The third kappa shape index (κ3) is 4.08. The summed E-state index contributed by atoms with van der Waals surface area (Å²) in [5.74, 6) is -1.62. The number of carboxylic acid groups (broad SMARTS) is 1. The molecule has 0 bridgehead atoms. The third-order valence-electron chi connectivity index (χ3n) is 2.11. The maximum atomic E-state index is 11.9. The fraction of sp³-hybridized carbons (Fsp3) is 0.273. The molecule has 5 nitrogen and oxygen atoms in total. The minimum Gasteiger partial charge on any atom is -0.480 e. The SMILES string of the molecule is COCC(NC(=O)c1cc(Br)ccc1Br)C(=O)O. The van der Waals surface area contributed by atoms with Gasteiger partial charge in [-0.2, -0.15) is 0 Å². The summed E-state index contributed by atoms with van der Waals surface area (Å²) >= 11 is 6.49. The highest BCUT2D eigenvalue weighted by Crippen LogP contribution is 2.21. The number of aliphatic carboxylic acids is 1. The molecule has 18 heavy (non-hydrogen) atoms. The molecule has 0 aliphatic heterocycles. The van der Waals surface area contributed by atoms with Crippen LogP contribution in [0.25, 0.3) is 0 Å². The second-order valence-electron chi connectivity index (χ2n) is 3.44. The summed E-state index contributed by atoms with van der Waals surface area (Å²) < 4.78 is 6.06. The number of carboxylic acids is 1. The van der Waals surface area contributed by atoms with Crippen molar-refractivity contribution in [2.45, 2.75) is 6.04 Å². The maximum absolute atomic E-state index is 11.9. The van der Waals surface area contributed by atoms with Crippen LogP contribution in [0.5, 0.6) is 0 Å². The van der Waals surface area contributed by atoms with Crippen molar-refractivity contribution in [1.82, 2.24) is 5.32 Å². The molecule has 1 aromatic rings. The van der Waals surface area contributed by atoms with Crippen LogP contribution in [0, 0.1) is 0 Å². The second kappa shape index (κ2) is 6.86. The molecule has 0 spiro atoms. The Morgan fingerprint density at radius 2 is 2.11 bits per heavy atom. The molecule has 0 heterocycles. The predicted octanol–water partition coefficient (Wildman–Crippen LogP) is 2.04. The Morgan fingerprint density at radius 1 is 1.44 bits per heavy atom. The summed E-state index contributed by atoms with van der Waals surface area (Å²) in [5, 5.41) is 11.3. The molecule has 0 saturated carbocycles. The van der Waals surface area contributed by atoms with Crippen molar-refractivity contribution in [3.63, 3.8) is 0 Å². The molecular weight excluding hydrogens is 370 g/mol. The highest BCUT2D eigenvalue weighted by Gasteiger charge is 2.21. The lowest BCUT2D eigenvalue weighted by atomic mass is 10.2. The van der Waals surface area contributed by atoms with Gasteiger partial charge >= 0.3 is 5.97 Å². The molecule has 0 aliphatic carbocycles. The van der Waals surface area contributed by atoms with Crippen LogP contribution >= 0.6 is 31.9 Å². The minimum absolute atomic E-state index is 0.0906. The Kier molecular flexibility index (Phi) is 5.77. The summed E-state index contributed by atoms with van der Waals surface area (Å²) in [6.07, 6.45) is 0. The van der Waals surface area contributed by atoms with Gasteiger partial charge in [0.2, 0.25) is 0 Å². The Bertz CT molecular complexity index is 464. The van der Waals surface area contributed by atoms with Gasteiger partial charge in [-0.3, -0.25) is 4.79 Å². The van der Waals surface area contributed by atoms with Gasteiger partial charge in [0, 0.05) is 16.1 Å². The zero-order valence-corrected chi connectivity index (χ0v) is 12.6. The van der Waals surface area contributed by atoms with E-state index in [0.717, 1.165) is 4.47 Å². The standard InChI is InChI=1S/C11H11Br2NO4/c1-18-5-9(11(16)17)14-10(15)7-4-6(12)2-3-8(7)13/h2-4,9H,5H2,1H3,(H,14,15)(H,16,17). The number of amides is 1. The van der Waals surface area contributed by atoms with Gasteiger partial charge in [0.05, 0.1) is 12.2 Å². The van der Waals surface area contributed by atoms with E-state index in [1.165, 1.54) is 7.11 Å². The summed E-state index contributed by atoms with van der Waals surface area (Å²) in [6.45, 7) is -0.0906. The second-order valence-corrected chi connectivity index (χ2v) is 5.21. The smallest absolute Gasteiger partial charge is 0.328 e. The fourth-order valence-corrected chi connectivity index (χ4v) is 2.04. The third-order valence-corrected chi connectivity index (χ3v) is 3.29. The van der Waals surface area contributed by atoms with Gasteiger partial charge in [-0.05, 0) is 34.1 Å². The summed E-state index contributed by atoms with van der Waals surface area (Å²) in [5.41, 5.74) is 0.353. The average molecular weight is 381 g/mol. The van der Waals surface area contributed by atoms with Gasteiger partial charge < -0.3 is 15.2 Å². The number of carbonyl (C=O) groups excluding carboxylic acids is 1. The lowest BCUT2D eigenvalue weighted by Gasteiger charge is -2.14. The molecule has 7 heteroatoms. The molecule has 0 radical (unpaired) electrons. The lowest BCUT2D eigenvalue weighted by molar-refractivity contribution is -0.140. The van der Waals surface area contributed by atoms with E-state index in [1.807, 2.05) is 0 Å². The number of nitrogens with one attached hydrogen (secondary N) is 1. The topological polar surface area (TPSA) is 75.6 Å². The van der Waals surface area contributed by atoms with E-state index in [0.29, 0.717) is 10.0 Å². The van der Waals surface area contributed by atoms with Crippen LogP contribution in [-0.4, -0.2) is 36.7 Å². The molecular formula is C11H11Br2NO4. The molecule has 2 N–H and O–H groups in total. The number of rotatable bonds is 5. The molecule has 0 aliphatic rings. The Balaban J connectivity index is 2.86. The van der Waals surface area contributed by atoms with Crippen LogP contribution < -0.4 is 5.32 Å². The Hall–Kier alpha value is -0.920. The van der Waals surface area contributed by atoms with E-state index in [4.69, 9.17) is 9.84 Å². The first-order valence-electron chi connectivity index (χ1n) is 4.93. The van der Waals surface area contributed by atoms with Crippen molar-refractivity contribution in [3.8, 4) is 0 Å². The van der Waals surface area contributed by atoms with Crippen molar-refractivity contribution >= 4 is 43.7 Å². The highest BCUT2D eigenvalue weighted by molar-refractivity contribution is 9.11. The molecule has 1 atom stereocenters. The van der Waals surface area contributed by atoms with E-state index < -0.39 is 17.9 Å². The largest absolute Gasteiger partial charge is 0.480 e. The van der Waals surface area contributed by atoms with Crippen molar-refractivity contribution in [2.75, 3.05) is 13.7 Å². The van der Waals surface area contributed by atoms with Gasteiger partial charge in [0.15, 0.2) is 6.04 Å². The molecule has 1 unspecified atom stereocenters. The number of hydrogen-bond acceptors (Lipinski definition) is 3. The predicted molar refractivity (Wildman–Crippen MR) is 72.6 cm³/mol. The molecule has 98 valence electrons. The van der Waals surface area contributed by atoms with E-state index in [2.05, 4.69) is 37.2 Å². The Morgan fingerprint density at radius 3 is 2.67 bits per heavy atom.